The number of rotatable bonds is 2. The van der Waals surface area contributed by atoms with Crippen molar-refractivity contribution >= 4 is 6.21 Å². The molecular weight excluding hydrogens is 134 g/mol. The minimum Gasteiger partial charge on any atom is -0.290 e. The van der Waals surface area contributed by atoms with Gasteiger partial charge in [0.15, 0.2) is 0 Å². The molecule has 0 amide bonds. The highest BCUT2D eigenvalue weighted by atomic mass is 14.7. The Balaban J connectivity index is 2.76. The Bertz CT molecular complexity index is 226. The first-order valence-corrected chi connectivity index (χ1v) is 3.87. The summed E-state index contributed by atoms with van der Waals surface area (Å²) in [5, 5.41) is 0. The molecule has 58 valence electrons. The van der Waals surface area contributed by atoms with Gasteiger partial charge in [-0.25, -0.2) is 0 Å². The Labute approximate surface area is 67.8 Å². The summed E-state index contributed by atoms with van der Waals surface area (Å²) in [7, 11) is 0. The van der Waals surface area contributed by atoms with Gasteiger partial charge in [-0.15, -0.1) is 0 Å². The molecule has 1 aromatic carbocycles. The van der Waals surface area contributed by atoms with Crippen LogP contribution < -0.4 is 0 Å². The van der Waals surface area contributed by atoms with Gasteiger partial charge in [0.1, 0.15) is 0 Å². The van der Waals surface area contributed by atoms with E-state index in [9.17, 15) is 0 Å². The van der Waals surface area contributed by atoms with Gasteiger partial charge in [0.25, 0.3) is 0 Å². The van der Waals surface area contributed by atoms with Crippen LogP contribution in [0.3, 0.4) is 0 Å². The molecule has 1 aromatic rings. The van der Waals surface area contributed by atoms with Crippen molar-refractivity contribution in [1.29, 1.82) is 0 Å². The lowest BCUT2D eigenvalue weighted by Crippen LogP contribution is -1.87. The van der Waals surface area contributed by atoms with E-state index in [1.165, 1.54) is 5.56 Å². The quantitative estimate of drug-likeness (QED) is 0.570. The Hall–Kier alpha value is -1.11. The molecule has 0 aromatic heterocycles. The highest BCUT2D eigenvalue weighted by Crippen LogP contribution is 2.14. The molecule has 0 N–H and O–H groups in total. The Kier molecular flexibility index (Phi) is 2.84. The van der Waals surface area contributed by atoms with Crippen molar-refractivity contribution in [3.05, 3.63) is 35.9 Å². The molecule has 1 atom stereocenters. The summed E-state index contributed by atoms with van der Waals surface area (Å²) in [5.41, 5.74) is 1.27. The van der Waals surface area contributed by atoms with Gasteiger partial charge in [0.2, 0.25) is 0 Å². The molecule has 0 saturated carbocycles. The Morgan fingerprint density at radius 1 is 1.27 bits per heavy atom. The molecule has 0 fully saturated rings. The average molecular weight is 147 g/mol. The Morgan fingerprint density at radius 2 is 1.91 bits per heavy atom. The van der Waals surface area contributed by atoms with Crippen molar-refractivity contribution in [2.45, 2.75) is 19.9 Å². The van der Waals surface area contributed by atoms with Gasteiger partial charge in [0, 0.05) is 0 Å². The van der Waals surface area contributed by atoms with Crippen LogP contribution in [0.1, 0.15) is 25.5 Å². The van der Waals surface area contributed by atoms with Crippen molar-refractivity contribution in [1.82, 2.24) is 0 Å². The maximum atomic E-state index is 4.27. The van der Waals surface area contributed by atoms with Crippen LogP contribution in [0.4, 0.5) is 0 Å². The normalized spacial score (nSPS) is 13.6. The molecule has 0 saturated heterocycles. The van der Waals surface area contributed by atoms with Crippen molar-refractivity contribution < 1.29 is 0 Å². The second kappa shape index (κ2) is 3.91. The smallest absolute Gasteiger partial charge is 0.0716 e. The second-order valence-electron chi connectivity index (χ2n) is 2.49. The largest absolute Gasteiger partial charge is 0.290 e. The van der Waals surface area contributed by atoms with Gasteiger partial charge in [-0.05, 0) is 25.6 Å². The summed E-state index contributed by atoms with van der Waals surface area (Å²) in [6, 6.07) is 10.6. The molecule has 0 aliphatic carbocycles. The summed E-state index contributed by atoms with van der Waals surface area (Å²) in [6.45, 7) is 4.04. The topological polar surface area (TPSA) is 12.4 Å². The SMILES string of the molecule is C/C=N/[C@@H](C)c1ccccc1. The molecule has 0 radical (unpaired) electrons. The van der Waals surface area contributed by atoms with Crippen LogP contribution in [-0.4, -0.2) is 6.21 Å². The predicted molar refractivity (Wildman–Crippen MR) is 49.0 cm³/mol. The summed E-state index contributed by atoms with van der Waals surface area (Å²) in [6.07, 6.45) is 1.84. The van der Waals surface area contributed by atoms with Crippen molar-refractivity contribution in [3.63, 3.8) is 0 Å². The standard InChI is InChI=1S/C10H13N/c1-3-11-9(2)10-7-5-4-6-8-10/h3-9H,1-2H3/b11-3+/t9-/m0/s1. The molecule has 0 heterocycles. The van der Waals surface area contributed by atoms with E-state index in [1.54, 1.807) is 0 Å². The lowest BCUT2D eigenvalue weighted by molar-refractivity contribution is 0.824. The van der Waals surface area contributed by atoms with Gasteiger partial charge in [-0.3, -0.25) is 4.99 Å². The third kappa shape index (κ3) is 2.19. The maximum Gasteiger partial charge on any atom is 0.0716 e. The monoisotopic (exact) mass is 147 g/mol. The average Bonchev–Trinajstić information content (AvgIpc) is 2.07. The fourth-order valence-corrected chi connectivity index (χ4v) is 1.04. The molecule has 0 unspecified atom stereocenters. The Morgan fingerprint density at radius 3 is 2.45 bits per heavy atom. The van der Waals surface area contributed by atoms with E-state index >= 15 is 0 Å². The number of aliphatic imine (C=N–C) groups is 1. The van der Waals surface area contributed by atoms with Crippen LogP contribution >= 0.6 is 0 Å². The molecular formula is C10H13N. The van der Waals surface area contributed by atoms with Gasteiger partial charge in [0.05, 0.1) is 6.04 Å². The van der Waals surface area contributed by atoms with E-state index in [-0.39, 0.29) is 0 Å². The first-order chi connectivity index (χ1) is 5.34. The van der Waals surface area contributed by atoms with Crippen LogP contribution in [-0.2, 0) is 0 Å². The van der Waals surface area contributed by atoms with Gasteiger partial charge in [-0.1, -0.05) is 30.3 Å². The number of hydrogen-bond acceptors (Lipinski definition) is 1. The van der Waals surface area contributed by atoms with Crippen LogP contribution in [0.5, 0.6) is 0 Å². The minimum absolute atomic E-state index is 0.293. The molecule has 0 spiro atoms. The van der Waals surface area contributed by atoms with Crippen LogP contribution in [0.25, 0.3) is 0 Å². The zero-order valence-electron chi connectivity index (χ0n) is 6.99. The van der Waals surface area contributed by atoms with Crippen LogP contribution in [0.15, 0.2) is 35.3 Å². The van der Waals surface area contributed by atoms with Crippen molar-refractivity contribution in [2.24, 2.45) is 4.99 Å². The molecule has 1 nitrogen and oxygen atoms in total. The number of benzene rings is 1. The van der Waals surface area contributed by atoms with E-state index in [2.05, 4.69) is 24.0 Å². The first kappa shape index (κ1) is 7.99. The lowest BCUT2D eigenvalue weighted by Gasteiger charge is -2.04. The van der Waals surface area contributed by atoms with Gasteiger partial charge in [-0.2, -0.15) is 0 Å². The van der Waals surface area contributed by atoms with E-state index in [0.717, 1.165) is 0 Å². The lowest BCUT2D eigenvalue weighted by atomic mass is 10.1. The first-order valence-electron chi connectivity index (χ1n) is 3.87. The molecule has 0 aliphatic rings. The van der Waals surface area contributed by atoms with Gasteiger partial charge >= 0.3 is 0 Å². The molecule has 1 heteroatoms. The fourth-order valence-electron chi connectivity index (χ4n) is 1.04. The van der Waals surface area contributed by atoms with E-state index in [1.807, 2.05) is 31.3 Å². The second-order valence-corrected chi connectivity index (χ2v) is 2.49. The van der Waals surface area contributed by atoms with Crippen LogP contribution in [0.2, 0.25) is 0 Å². The van der Waals surface area contributed by atoms with Gasteiger partial charge < -0.3 is 0 Å². The summed E-state index contributed by atoms with van der Waals surface area (Å²) in [4.78, 5) is 4.27. The zero-order valence-corrected chi connectivity index (χ0v) is 6.99. The minimum atomic E-state index is 0.293. The maximum absolute atomic E-state index is 4.27. The number of nitrogens with zero attached hydrogens (tertiary/aromatic N) is 1. The van der Waals surface area contributed by atoms with E-state index in [4.69, 9.17) is 0 Å². The predicted octanol–water partition coefficient (Wildman–Crippen LogP) is 2.84. The third-order valence-electron chi connectivity index (χ3n) is 1.65. The highest BCUT2D eigenvalue weighted by molar-refractivity contribution is 5.53. The zero-order chi connectivity index (χ0) is 8.10. The van der Waals surface area contributed by atoms with Crippen LogP contribution in [0, 0.1) is 0 Å². The summed E-state index contributed by atoms with van der Waals surface area (Å²) < 4.78 is 0. The van der Waals surface area contributed by atoms with E-state index < -0.39 is 0 Å². The molecule has 0 bridgehead atoms. The van der Waals surface area contributed by atoms with Crippen molar-refractivity contribution in [2.75, 3.05) is 0 Å². The highest BCUT2D eigenvalue weighted by Gasteiger charge is 1.98. The molecule has 1 rings (SSSR count). The summed E-state index contributed by atoms with van der Waals surface area (Å²) >= 11 is 0. The van der Waals surface area contributed by atoms with E-state index in [0.29, 0.717) is 6.04 Å². The molecule has 0 aliphatic heterocycles. The third-order valence-corrected chi connectivity index (χ3v) is 1.65. The summed E-state index contributed by atoms with van der Waals surface area (Å²) in [5.74, 6) is 0. The number of hydrogen-bond donors (Lipinski definition) is 0. The molecule has 11 heavy (non-hydrogen) atoms. The fraction of sp³-hybridized carbons (Fsp3) is 0.300. The van der Waals surface area contributed by atoms with Crippen molar-refractivity contribution in [3.8, 4) is 0 Å².